The van der Waals surface area contributed by atoms with Gasteiger partial charge in [-0.05, 0) is 54.8 Å². The molecule has 0 N–H and O–H groups in total. The predicted molar refractivity (Wildman–Crippen MR) is 201 cm³/mol. The van der Waals surface area contributed by atoms with Crippen molar-refractivity contribution in [2.24, 2.45) is 4.99 Å². The van der Waals surface area contributed by atoms with Gasteiger partial charge in [0.2, 0.25) is 0 Å². The topological polar surface area (TPSA) is 146 Å². The summed E-state index contributed by atoms with van der Waals surface area (Å²) in [5.41, 5.74) is 5.17. The van der Waals surface area contributed by atoms with Crippen LogP contribution in [0.5, 0.6) is 0 Å². The van der Waals surface area contributed by atoms with Crippen LogP contribution in [0.1, 0.15) is 71.3 Å². The number of carbonyl (C=O) groups excluding carboxylic acids is 6. The fraction of sp³-hybridized carbons (Fsp3) is 0.282. The van der Waals surface area contributed by atoms with E-state index in [2.05, 4.69) is 26.0 Å². The van der Waals surface area contributed by atoms with Crippen LogP contribution in [0.2, 0.25) is 0 Å². The summed E-state index contributed by atoms with van der Waals surface area (Å²) in [6.07, 6.45) is 4.20. The van der Waals surface area contributed by atoms with Crippen LogP contribution >= 0.6 is 15.9 Å². The van der Waals surface area contributed by atoms with Crippen molar-refractivity contribution in [3.8, 4) is 0 Å². The number of hydrogen-bond donors (Lipinski definition) is 0. The number of benzene rings is 2. The molecule has 16 heteroatoms. The molecule has 0 bridgehead atoms. The van der Waals surface area contributed by atoms with Gasteiger partial charge in [0.25, 0.3) is 35.4 Å². The first-order valence-corrected chi connectivity index (χ1v) is 18.6. The molecule has 0 saturated carbocycles. The first-order valence-electron chi connectivity index (χ1n) is 17.4. The smallest absolute Gasteiger partial charge is 0.272 e. The first-order chi connectivity index (χ1) is 26.6. The van der Waals surface area contributed by atoms with E-state index in [0.29, 0.717) is 65.8 Å². The van der Waals surface area contributed by atoms with Crippen LogP contribution in [-0.2, 0) is 17.9 Å². The van der Waals surface area contributed by atoms with Crippen LogP contribution < -0.4 is 0 Å². The number of rotatable bonds is 9. The summed E-state index contributed by atoms with van der Waals surface area (Å²) in [6.45, 7) is 6.90. The van der Waals surface area contributed by atoms with Crippen molar-refractivity contribution in [3.05, 3.63) is 123 Å². The van der Waals surface area contributed by atoms with Crippen molar-refractivity contribution in [1.29, 1.82) is 0 Å². The van der Waals surface area contributed by atoms with E-state index in [0.717, 1.165) is 39.6 Å². The Morgan fingerprint density at radius 2 is 1.18 bits per heavy atom. The third kappa shape index (κ3) is 7.45. The van der Waals surface area contributed by atoms with Crippen molar-refractivity contribution >= 4 is 57.6 Å². The number of amides is 6. The molecule has 0 aliphatic carbocycles. The van der Waals surface area contributed by atoms with Crippen LogP contribution in [0.25, 0.3) is 0 Å². The SMILES string of the molecule is CCN1CC2=C(CN=C2)C1=O.CCN1Cc2cnn(C/C(=C/F)CN3C(=O)c4ccccc4C3=O)c2C1=O.O=C1c2ccccc2C(=O)N1C/C(=C\F)CBr. The molecule has 5 aliphatic rings. The highest BCUT2D eigenvalue weighted by molar-refractivity contribution is 9.09. The molecule has 55 heavy (non-hydrogen) atoms. The fourth-order valence-electron chi connectivity index (χ4n) is 6.67. The van der Waals surface area contributed by atoms with Gasteiger partial charge in [-0.25, -0.2) is 8.78 Å². The van der Waals surface area contributed by atoms with E-state index < -0.39 is 11.8 Å². The number of aliphatic imine (C=N–C) groups is 1. The Morgan fingerprint density at radius 3 is 1.64 bits per heavy atom. The minimum atomic E-state index is -0.450. The Bertz CT molecular complexity index is 2160. The summed E-state index contributed by atoms with van der Waals surface area (Å²) < 4.78 is 27.4. The fourth-order valence-corrected chi connectivity index (χ4v) is 6.97. The quantitative estimate of drug-likeness (QED) is 0.224. The van der Waals surface area contributed by atoms with E-state index in [1.54, 1.807) is 59.6 Å². The zero-order valence-electron chi connectivity index (χ0n) is 30.0. The van der Waals surface area contributed by atoms with E-state index in [1.807, 2.05) is 25.0 Å². The van der Waals surface area contributed by atoms with Gasteiger partial charge in [0, 0.05) is 48.9 Å². The maximum absolute atomic E-state index is 13.5. The Kier molecular flexibility index (Phi) is 11.7. The number of carbonyl (C=O) groups is 6. The molecule has 13 nitrogen and oxygen atoms in total. The largest absolute Gasteiger partial charge is 0.335 e. The molecule has 5 aliphatic heterocycles. The van der Waals surface area contributed by atoms with Gasteiger partial charge in [-0.1, -0.05) is 40.2 Å². The number of likely N-dealkylation sites (N-methyl/N-ethyl adjacent to an activating group) is 1. The van der Waals surface area contributed by atoms with Crippen molar-refractivity contribution < 1.29 is 37.5 Å². The lowest BCUT2D eigenvalue weighted by molar-refractivity contribution is -0.125. The predicted octanol–water partition coefficient (Wildman–Crippen LogP) is 4.77. The number of imide groups is 2. The van der Waals surface area contributed by atoms with Gasteiger partial charge in [-0.2, -0.15) is 5.10 Å². The highest BCUT2D eigenvalue weighted by atomic mass is 79.9. The van der Waals surface area contributed by atoms with E-state index in [4.69, 9.17) is 0 Å². The highest BCUT2D eigenvalue weighted by Gasteiger charge is 2.37. The number of aromatic nitrogens is 2. The van der Waals surface area contributed by atoms with E-state index in [1.165, 1.54) is 4.68 Å². The summed E-state index contributed by atoms with van der Waals surface area (Å²) in [6, 6.07) is 13.1. The van der Waals surface area contributed by atoms with Gasteiger partial charge in [0.05, 0.1) is 67.3 Å². The molecular formula is C39H36BrF2N7O6. The molecule has 0 atom stereocenters. The average molecular weight is 817 g/mol. The number of nitrogens with zero attached hydrogens (tertiary/aromatic N) is 7. The summed E-state index contributed by atoms with van der Waals surface area (Å²) >= 11 is 3.10. The first kappa shape index (κ1) is 38.8. The minimum Gasteiger partial charge on any atom is -0.335 e. The molecule has 0 fully saturated rings. The van der Waals surface area contributed by atoms with E-state index in [9.17, 15) is 37.5 Å². The number of alkyl halides is 1. The van der Waals surface area contributed by atoms with E-state index >= 15 is 0 Å². The monoisotopic (exact) mass is 815 g/mol. The van der Waals surface area contributed by atoms with Gasteiger partial charge in [0.1, 0.15) is 5.69 Å². The zero-order valence-corrected chi connectivity index (χ0v) is 31.6. The summed E-state index contributed by atoms with van der Waals surface area (Å²) in [4.78, 5) is 82.2. The Morgan fingerprint density at radius 1 is 0.691 bits per heavy atom. The molecule has 3 aromatic rings. The summed E-state index contributed by atoms with van der Waals surface area (Å²) in [5.74, 6) is -1.61. The maximum Gasteiger partial charge on any atom is 0.272 e. The van der Waals surface area contributed by atoms with Crippen LogP contribution in [0, 0.1) is 0 Å². The van der Waals surface area contributed by atoms with Gasteiger partial charge < -0.3 is 9.80 Å². The molecule has 1 aromatic heterocycles. The lowest BCUT2D eigenvalue weighted by Crippen LogP contribution is -2.33. The zero-order chi connectivity index (χ0) is 39.4. The molecule has 6 heterocycles. The number of halogens is 3. The van der Waals surface area contributed by atoms with Crippen LogP contribution in [-0.4, -0.2) is 116 Å². The second kappa shape index (κ2) is 16.6. The Labute approximate surface area is 323 Å². The van der Waals surface area contributed by atoms with Gasteiger partial charge in [-0.15, -0.1) is 0 Å². The van der Waals surface area contributed by atoms with Gasteiger partial charge in [-0.3, -0.25) is 48.2 Å². The maximum atomic E-state index is 13.5. The molecule has 8 rings (SSSR count). The van der Waals surface area contributed by atoms with Crippen molar-refractivity contribution in [2.45, 2.75) is 26.9 Å². The minimum absolute atomic E-state index is 0.0114. The third-order valence-corrected chi connectivity index (χ3v) is 10.4. The molecular weight excluding hydrogens is 780 g/mol. The van der Waals surface area contributed by atoms with Crippen LogP contribution in [0.15, 0.2) is 94.7 Å². The third-order valence-electron chi connectivity index (χ3n) is 9.63. The summed E-state index contributed by atoms with van der Waals surface area (Å²) in [7, 11) is 0. The standard InChI is InChI=1S/C19H17FN4O3.C12H9BrFNO2.C8H10N2O/c1-2-22-11-13-8-21-24(16(13)19(22)27)10-12(7-20)9-23-17(25)14-5-3-4-6-15(14)18(23)26;13-5-8(6-14)7-15-11(16)9-3-1-2-4-10(9)12(15)17;1-2-10-5-6-3-9-4-7(6)8(10)11/h3-8H,2,9-11H2,1H3;1-4,6H,5,7H2;3H,2,4-5H2,1H3/b12-7+;8-6-;. The number of fused-ring (bicyclic) bond motifs is 3. The van der Waals surface area contributed by atoms with Crippen molar-refractivity contribution in [3.63, 3.8) is 0 Å². The Balaban J connectivity index is 0.000000156. The lowest BCUT2D eigenvalue weighted by atomic mass is 10.1. The lowest BCUT2D eigenvalue weighted by Gasteiger charge is -2.17. The van der Waals surface area contributed by atoms with Crippen molar-refractivity contribution in [2.75, 3.05) is 44.6 Å². The molecule has 0 radical (unpaired) electrons. The Hall–Kier alpha value is -5.90. The average Bonchev–Trinajstić information content (AvgIpc) is 4.05. The van der Waals surface area contributed by atoms with Crippen molar-refractivity contribution in [1.82, 2.24) is 29.4 Å². The van der Waals surface area contributed by atoms with Gasteiger partial charge in [0.15, 0.2) is 0 Å². The van der Waals surface area contributed by atoms with E-state index in [-0.39, 0.29) is 54.2 Å². The second-order valence-electron chi connectivity index (χ2n) is 12.9. The molecule has 6 amide bonds. The molecule has 2 aromatic carbocycles. The second-order valence-corrected chi connectivity index (χ2v) is 13.5. The van der Waals surface area contributed by atoms with Crippen LogP contribution in [0.3, 0.4) is 0 Å². The molecule has 0 spiro atoms. The molecule has 0 unspecified atom stereocenters. The van der Waals surface area contributed by atoms with Crippen LogP contribution in [0.4, 0.5) is 8.78 Å². The molecule has 284 valence electrons. The summed E-state index contributed by atoms with van der Waals surface area (Å²) in [5, 5.41) is 4.46. The molecule has 0 saturated heterocycles. The highest BCUT2D eigenvalue weighted by Crippen LogP contribution is 2.27. The number of hydrogen-bond acceptors (Lipinski definition) is 8. The van der Waals surface area contributed by atoms with Gasteiger partial charge >= 0.3 is 0 Å². The normalized spacial score (nSPS) is 17.2.